The van der Waals surface area contributed by atoms with Crippen molar-refractivity contribution in [3.05, 3.63) is 63.9 Å². The lowest BCUT2D eigenvalue weighted by molar-refractivity contribution is 0.0924. The van der Waals surface area contributed by atoms with E-state index in [1.54, 1.807) is 31.2 Å². The summed E-state index contributed by atoms with van der Waals surface area (Å²) >= 11 is 6.14. The van der Waals surface area contributed by atoms with Crippen molar-refractivity contribution in [1.82, 2.24) is 5.32 Å². The zero-order valence-corrected chi connectivity index (χ0v) is 15.7. The van der Waals surface area contributed by atoms with Crippen molar-refractivity contribution >= 4 is 38.5 Å². The molecule has 0 radical (unpaired) electrons. The van der Waals surface area contributed by atoms with Gasteiger partial charge in [0.05, 0.1) is 4.90 Å². The number of hydrogen-bond donors (Lipinski definition) is 2. The van der Waals surface area contributed by atoms with E-state index in [9.17, 15) is 13.2 Å². The summed E-state index contributed by atoms with van der Waals surface area (Å²) in [7, 11) is -3.73. The number of carbonyl (C=O) groups excluding carboxylic acids is 1. The first-order valence-electron chi connectivity index (χ1n) is 7.76. The maximum Gasteiger partial charge on any atom is 0.287 e. The molecule has 0 aliphatic rings. The van der Waals surface area contributed by atoms with Crippen LogP contribution in [-0.2, 0) is 16.6 Å². The Morgan fingerprint density at radius 3 is 2.46 bits per heavy atom. The van der Waals surface area contributed by atoms with Crippen LogP contribution >= 0.6 is 11.6 Å². The number of benzene rings is 2. The minimum Gasteiger partial charge on any atom is -0.451 e. The lowest BCUT2D eigenvalue weighted by Crippen LogP contribution is -2.23. The first-order chi connectivity index (χ1) is 12.2. The van der Waals surface area contributed by atoms with Gasteiger partial charge in [-0.2, -0.15) is 0 Å². The molecule has 26 heavy (non-hydrogen) atoms. The van der Waals surface area contributed by atoms with Gasteiger partial charge >= 0.3 is 0 Å². The first kappa shape index (κ1) is 18.4. The summed E-state index contributed by atoms with van der Waals surface area (Å²) in [5.41, 5.74) is 2.92. The summed E-state index contributed by atoms with van der Waals surface area (Å²) < 4.78 is 28.2. The molecular formula is C18H17ClN2O4S. The van der Waals surface area contributed by atoms with Crippen molar-refractivity contribution in [1.29, 1.82) is 0 Å². The molecule has 0 bridgehead atoms. The molecule has 0 aliphatic carbocycles. The Labute approximate surface area is 156 Å². The maximum atomic E-state index is 12.5. The average Bonchev–Trinajstić information content (AvgIpc) is 2.89. The highest BCUT2D eigenvalue weighted by Crippen LogP contribution is 2.30. The molecule has 0 unspecified atom stereocenters. The standard InChI is InChI=1S/C18H17ClN2O4S/c1-10-7-16-14(8-15(10)19)11(2)17(25-16)18(22)21-9-12-3-5-13(6-4-12)26(20,23)24/h3-8H,9H2,1-2H3,(H,21,22)(H2,20,23,24). The number of sulfonamides is 1. The molecule has 3 aromatic rings. The molecular weight excluding hydrogens is 376 g/mol. The van der Waals surface area contributed by atoms with Gasteiger partial charge in [-0.25, -0.2) is 13.6 Å². The second kappa shape index (κ2) is 6.75. The van der Waals surface area contributed by atoms with Crippen LogP contribution in [0, 0.1) is 13.8 Å². The SMILES string of the molecule is Cc1cc2oc(C(=O)NCc3ccc(S(N)(=O)=O)cc3)c(C)c2cc1Cl. The second-order valence-electron chi connectivity index (χ2n) is 6.03. The number of aryl methyl sites for hydroxylation is 2. The number of rotatable bonds is 4. The van der Waals surface area contributed by atoms with E-state index < -0.39 is 10.0 Å². The topological polar surface area (TPSA) is 102 Å². The summed E-state index contributed by atoms with van der Waals surface area (Å²) in [6.45, 7) is 3.89. The van der Waals surface area contributed by atoms with Crippen LogP contribution in [0.4, 0.5) is 0 Å². The molecule has 1 amide bonds. The van der Waals surface area contributed by atoms with Gasteiger partial charge in [0.2, 0.25) is 10.0 Å². The quantitative estimate of drug-likeness (QED) is 0.711. The lowest BCUT2D eigenvalue weighted by Gasteiger charge is -2.05. The molecule has 0 spiro atoms. The van der Waals surface area contributed by atoms with E-state index in [4.69, 9.17) is 21.2 Å². The van der Waals surface area contributed by atoms with E-state index in [0.29, 0.717) is 16.2 Å². The summed E-state index contributed by atoms with van der Waals surface area (Å²) in [5, 5.41) is 9.23. The van der Waals surface area contributed by atoms with Crippen molar-refractivity contribution in [2.24, 2.45) is 5.14 Å². The number of fused-ring (bicyclic) bond motifs is 1. The number of nitrogens with one attached hydrogen (secondary N) is 1. The highest BCUT2D eigenvalue weighted by atomic mass is 35.5. The molecule has 3 N–H and O–H groups in total. The Morgan fingerprint density at radius 1 is 1.19 bits per heavy atom. The molecule has 0 atom stereocenters. The van der Waals surface area contributed by atoms with Crippen molar-refractivity contribution in [3.63, 3.8) is 0 Å². The fourth-order valence-electron chi connectivity index (χ4n) is 2.62. The van der Waals surface area contributed by atoms with Crippen LogP contribution in [0.1, 0.15) is 27.2 Å². The summed E-state index contributed by atoms with van der Waals surface area (Å²) in [4.78, 5) is 12.5. The molecule has 1 heterocycles. The minimum atomic E-state index is -3.73. The Hall–Kier alpha value is -2.35. The number of nitrogens with two attached hydrogens (primary N) is 1. The van der Waals surface area contributed by atoms with Gasteiger partial charge in [-0.1, -0.05) is 23.7 Å². The lowest BCUT2D eigenvalue weighted by atomic mass is 10.1. The van der Waals surface area contributed by atoms with Crippen LogP contribution < -0.4 is 10.5 Å². The maximum absolute atomic E-state index is 12.5. The third-order valence-corrected chi connectivity index (χ3v) is 5.47. The number of furan rings is 1. The fourth-order valence-corrected chi connectivity index (χ4v) is 3.30. The van der Waals surface area contributed by atoms with Crippen molar-refractivity contribution in [2.75, 3.05) is 0 Å². The van der Waals surface area contributed by atoms with E-state index in [2.05, 4.69) is 5.32 Å². The first-order valence-corrected chi connectivity index (χ1v) is 9.68. The van der Waals surface area contributed by atoms with E-state index in [1.807, 2.05) is 6.92 Å². The van der Waals surface area contributed by atoms with E-state index in [0.717, 1.165) is 16.5 Å². The van der Waals surface area contributed by atoms with Gasteiger partial charge in [0, 0.05) is 22.5 Å². The van der Waals surface area contributed by atoms with Crippen molar-refractivity contribution in [3.8, 4) is 0 Å². The Balaban J connectivity index is 1.78. The zero-order valence-electron chi connectivity index (χ0n) is 14.2. The van der Waals surface area contributed by atoms with Gasteiger partial charge in [0.25, 0.3) is 5.91 Å². The van der Waals surface area contributed by atoms with Gasteiger partial charge in [0.1, 0.15) is 5.58 Å². The predicted octanol–water partition coefficient (Wildman–Crippen LogP) is 3.28. The molecule has 0 saturated heterocycles. The molecule has 0 fully saturated rings. The molecule has 3 rings (SSSR count). The third kappa shape index (κ3) is 3.60. The van der Waals surface area contributed by atoms with Crippen molar-refractivity contribution < 1.29 is 17.6 Å². The second-order valence-corrected chi connectivity index (χ2v) is 7.99. The number of hydrogen-bond acceptors (Lipinski definition) is 4. The third-order valence-electron chi connectivity index (χ3n) is 4.13. The molecule has 0 aliphatic heterocycles. The molecule has 1 aromatic heterocycles. The zero-order chi connectivity index (χ0) is 19.1. The van der Waals surface area contributed by atoms with Gasteiger partial charge < -0.3 is 9.73 Å². The molecule has 6 nitrogen and oxygen atoms in total. The summed E-state index contributed by atoms with van der Waals surface area (Å²) in [6, 6.07) is 9.56. The number of carbonyl (C=O) groups is 1. The van der Waals surface area contributed by atoms with Gasteiger partial charge in [-0.3, -0.25) is 4.79 Å². The Kier molecular flexibility index (Phi) is 4.79. The molecule has 8 heteroatoms. The average molecular weight is 393 g/mol. The van der Waals surface area contributed by atoms with Gasteiger partial charge in [0.15, 0.2) is 5.76 Å². The summed E-state index contributed by atoms with van der Waals surface area (Å²) in [5.74, 6) is -0.133. The highest BCUT2D eigenvalue weighted by molar-refractivity contribution is 7.89. The van der Waals surface area contributed by atoms with Gasteiger partial charge in [-0.05, 0) is 49.2 Å². The fraction of sp³-hybridized carbons (Fsp3) is 0.167. The Morgan fingerprint density at radius 2 is 1.85 bits per heavy atom. The Bertz CT molecular complexity index is 1100. The van der Waals surface area contributed by atoms with Crippen LogP contribution in [0.15, 0.2) is 45.7 Å². The minimum absolute atomic E-state index is 0.0213. The molecule has 136 valence electrons. The smallest absolute Gasteiger partial charge is 0.287 e. The summed E-state index contributed by atoms with van der Waals surface area (Å²) in [6.07, 6.45) is 0. The molecule has 0 saturated carbocycles. The predicted molar refractivity (Wildman–Crippen MR) is 99.7 cm³/mol. The number of amides is 1. The number of halogens is 1. The van der Waals surface area contributed by atoms with Crippen molar-refractivity contribution in [2.45, 2.75) is 25.3 Å². The molecule has 2 aromatic carbocycles. The van der Waals surface area contributed by atoms with E-state index in [-0.39, 0.29) is 23.1 Å². The monoisotopic (exact) mass is 392 g/mol. The largest absolute Gasteiger partial charge is 0.451 e. The normalized spacial score (nSPS) is 11.7. The van der Waals surface area contributed by atoms with Crippen LogP contribution in [-0.4, -0.2) is 14.3 Å². The van der Waals surface area contributed by atoms with E-state index >= 15 is 0 Å². The van der Waals surface area contributed by atoms with Crippen LogP contribution in [0.5, 0.6) is 0 Å². The highest BCUT2D eigenvalue weighted by Gasteiger charge is 2.18. The van der Waals surface area contributed by atoms with E-state index in [1.165, 1.54) is 12.1 Å². The van der Waals surface area contributed by atoms with Gasteiger partial charge in [-0.15, -0.1) is 0 Å². The van der Waals surface area contributed by atoms with Crippen LogP contribution in [0.25, 0.3) is 11.0 Å². The number of primary sulfonamides is 1. The van der Waals surface area contributed by atoms with Crippen LogP contribution in [0.2, 0.25) is 5.02 Å². The van der Waals surface area contributed by atoms with Crippen LogP contribution in [0.3, 0.4) is 0 Å².